The van der Waals surface area contributed by atoms with Crippen LogP contribution in [0.4, 0.5) is 10.1 Å². The van der Waals surface area contributed by atoms with Crippen molar-refractivity contribution >= 4 is 33.4 Å². The standard InChI is InChI=1S/C21H23BrFN3O3/c1-29-19-5-3-2-4-18(19)25-10-12-26(13-11-25)20(27)8-9-24-21(28)16-14-15(23)6-7-17(16)22/h2-7,14H,8-13H2,1H3,(H,24,28). The van der Waals surface area contributed by atoms with E-state index in [9.17, 15) is 14.0 Å². The molecule has 6 nitrogen and oxygen atoms in total. The van der Waals surface area contributed by atoms with Crippen LogP contribution in [-0.4, -0.2) is 56.5 Å². The molecule has 0 atom stereocenters. The average Bonchev–Trinajstić information content (AvgIpc) is 2.75. The van der Waals surface area contributed by atoms with Gasteiger partial charge in [0.05, 0.1) is 18.4 Å². The van der Waals surface area contributed by atoms with Crippen LogP contribution in [-0.2, 0) is 4.79 Å². The van der Waals surface area contributed by atoms with Gasteiger partial charge in [0.2, 0.25) is 5.91 Å². The summed E-state index contributed by atoms with van der Waals surface area (Å²) in [4.78, 5) is 28.7. The Bertz CT molecular complexity index is 885. The molecule has 2 aromatic carbocycles. The van der Waals surface area contributed by atoms with Crippen molar-refractivity contribution in [3.8, 4) is 5.75 Å². The van der Waals surface area contributed by atoms with Gasteiger partial charge < -0.3 is 19.9 Å². The second-order valence-corrected chi connectivity index (χ2v) is 7.52. The molecule has 2 aromatic rings. The maximum Gasteiger partial charge on any atom is 0.252 e. The third-order valence-corrected chi connectivity index (χ3v) is 5.55. The molecule has 1 saturated heterocycles. The summed E-state index contributed by atoms with van der Waals surface area (Å²) < 4.78 is 19.3. The van der Waals surface area contributed by atoms with Crippen LogP contribution < -0.4 is 15.0 Å². The number of carbonyl (C=O) groups is 2. The molecule has 0 aromatic heterocycles. The van der Waals surface area contributed by atoms with Gasteiger partial charge in [0.15, 0.2) is 0 Å². The molecule has 1 N–H and O–H groups in total. The van der Waals surface area contributed by atoms with E-state index in [0.29, 0.717) is 30.7 Å². The van der Waals surface area contributed by atoms with E-state index < -0.39 is 11.7 Å². The number of para-hydroxylation sites is 2. The Morgan fingerprint density at radius 2 is 1.86 bits per heavy atom. The number of carbonyl (C=O) groups excluding carboxylic acids is 2. The molecule has 0 aliphatic carbocycles. The minimum absolute atomic E-state index is 0.0108. The van der Waals surface area contributed by atoms with Crippen LogP contribution in [0.2, 0.25) is 0 Å². The Morgan fingerprint density at radius 1 is 1.14 bits per heavy atom. The van der Waals surface area contributed by atoms with E-state index in [4.69, 9.17) is 4.74 Å². The lowest BCUT2D eigenvalue weighted by Crippen LogP contribution is -2.49. The van der Waals surface area contributed by atoms with E-state index in [1.807, 2.05) is 24.3 Å². The van der Waals surface area contributed by atoms with E-state index in [1.165, 1.54) is 12.1 Å². The summed E-state index contributed by atoms with van der Waals surface area (Å²) in [6, 6.07) is 11.8. The Morgan fingerprint density at radius 3 is 2.59 bits per heavy atom. The third kappa shape index (κ3) is 5.26. The topological polar surface area (TPSA) is 61.9 Å². The number of methoxy groups -OCH3 is 1. The molecule has 3 rings (SSSR count). The largest absolute Gasteiger partial charge is 0.495 e. The molecule has 1 aliphatic rings. The minimum atomic E-state index is -0.484. The first-order chi connectivity index (χ1) is 14.0. The predicted octanol–water partition coefficient (Wildman–Crippen LogP) is 3.07. The number of nitrogens with zero attached hydrogens (tertiary/aromatic N) is 2. The van der Waals surface area contributed by atoms with Crippen LogP contribution in [0.1, 0.15) is 16.8 Å². The molecule has 1 fully saturated rings. The van der Waals surface area contributed by atoms with E-state index in [2.05, 4.69) is 26.1 Å². The highest BCUT2D eigenvalue weighted by Gasteiger charge is 2.22. The molecule has 1 heterocycles. The Balaban J connectivity index is 1.46. The lowest BCUT2D eigenvalue weighted by Gasteiger charge is -2.36. The van der Waals surface area contributed by atoms with E-state index >= 15 is 0 Å². The van der Waals surface area contributed by atoms with Crippen molar-refractivity contribution in [1.82, 2.24) is 10.2 Å². The molecule has 0 radical (unpaired) electrons. The number of piperazine rings is 1. The molecule has 0 spiro atoms. The van der Waals surface area contributed by atoms with Crippen LogP contribution >= 0.6 is 15.9 Å². The summed E-state index contributed by atoms with van der Waals surface area (Å²) in [7, 11) is 1.65. The fourth-order valence-corrected chi connectivity index (χ4v) is 3.72. The number of rotatable bonds is 6. The second-order valence-electron chi connectivity index (χ2n) is 6.67. The van der Waals surface area contributed by atoms with Gasteiger partial charge in [0.1, 0.15) is 11.6 Å². The molecular formula is C21H23BrFN3O3. The molecule has 8 heteroatoms. The number of halogens is 2. The van der Waals surface area contributed by atoms with Gasteiger partial charge in [-0.2, -0.15) is 0 Å². The number of ether oxygens (including phenoxy) is 1. The quantitative estimate of drug-likeness (QED) is 0.714. The second kappa shape index (κ2) is 9.73. The van der Waals surface area contributed by atoms with E-state index in [-0.39, 0.29) is 24.4 Å². The van der Waals surface area contributed by atoms with Crippen molar-refractivity contribution in [2.45, 2.75) is 6.42 Å². The van der Waals surface area contributed by atoms with E-state index in [1.54, 1.807) is 12.0 Å². The first-order valence-electron chi connectivity index (χ1n) is 9.38. The minimum Gasteiger partial charge on any atom is -0.495 e. The zero-order valence-corrected chi connectivity index (χ0v) is 17.7. The average molecular weight is 464 g/mol. The Labute approximate surface area is 177 Å². The fourth-order valence-electron chi connectivity index (χ4n) is 3.30. The lowest BCUT2D eigenvalue weighted by molar-refractivity contribution is -0.131. The van der Waals surface area contributed by atoms with Crippen molar-refractivity contribution in [2.75, 3.05) is 44.7 Å². The van der Waals surface area contributed by atoms with Crippen molar-refractivity contribution in [3.63, 3.8) is 0 Å². The highest BCUT2D eigenvalue weighted by Crippen LogP contribution is 2.28. The summed E-state index contributed by atoms with van der Waals surface area (Å²) >= 11 is 3.23. The van der Waals surface area contributed by atoms with Crippen LogP contribution in [0.15, 0.2) is 46.9 Å². The zero-order valence-electron chi connectivity index (χ0n) is 16.2. The van der Waals surface area contributed by atoms with Crippen LogP contribution in [0.3, 0.4) is 0 Å². The molecule has 0 saturated carbocycles. The maximum absolute atomic E-state index is 13.3. The van der Waals surface area contributed by atoms with Gasteiger partial charge >= 0.3 is 0 Å². The third-order valence-electron chi connectivity index (χ3n) is 4.86. The SMILES string of the molecule is COc1ccccc1N1CCN(C(=O)CCNC(=O)c2cc(F)ccc2Br)CC1. The van der Waals surface area contributed by atoms with Crippen LogP contribution in [0.5, 0.6) is 5.75 Å². The zero-order chi connectivity index (χ0) is 20.8. The smallest absolute Gasteiger partial charge is 0.252 e. The first-order valence-corrected chi connectivity index (χ1v) is 10.2. The highest BCUT2D eigenvalue weighted by atomic mass is 79.9. The van der Waals surface area contributed by atoms with Crippen LogP contribution in [0.25, 0.3) is 0 Å². The molecule has 2 amide bonds. The summed E-state index contributed by atoms with van der Waals surface area (Å²) in [5.41, 5.74) is 1.23. The van der Waals surface area contributed by atoms with Gasteiger partial charge in [-0.15, -0.1) is 0 Å². The summed E-state index contributed by atoms with van der Waals surface area (Å²) in [6.07, 6.45) is 0.202. The number of benzene rings is 2. The number of amides is 2. The first kappa shape index (κ1) is 21.1. The molecule has 0 unspecified atom stereocenters. The number of nitrogens with one attached hydrogen (secondary N) is 1. The highest BCUT2D eigenvalue weighted by molar-refractivity contribution is 9.10. The normalized spacial score (nSPS) is 13.9. The maximum atomic E-state index is 13.3. The van der Waals surface area contributed by atoms with Gasteiger partial charge in [0.25, 0.3) is 5.91 Å². The summed E-state index contributed by atoms with van der Waals surface area (Å²) in [6.45, 7) is 2.86. The number of anilines is 1. The Kier molecular flexibility index (Phi) is 7.09. The van der Waals surface area contributed by atoms with Crippen molar-refractivity contribution in [3.05, 3.63) is 58.3 Å². The van der Waals surface area contributed by atoms with Gasteiger partial charge in [0, 0.05) is 43.6 Å². The molecule has 154 valence electrons. The van der Waals surface area contributed by atoms with E-state index in [0.717, 1.165) is 17.5 Å². The van der Waals surface area contributed by atoms with Gasteiger partial charge in [-0.3, -0.25) is 9.59 Å². The van der Waals surface area contributed by atoms with Gasteiger partial charge in [-0.25, -0.2) is 4.39 Å². The molecule has 29 heavy (non-hydrogen) atoms. The monoisotopic (exact) mass is 463 g/mol. The lowest BCUT2D eigenvalue weighted by atomic mass is 10.2. The molecule has 0 bridgehead atoms. The van der Waals surface area contributed by atoms with Crippen molar-refractivity contribution in [1.29, 1.82) is 0 Å². The molecular weight excluding hydrogens is 441 g/mol. The predicted molar refractivity (Wildman–Crippen MR) is 113 cm³/mol. The number of hydrogen-bond acceptors (Lipinski definition) is 4. The summed E-state index contributed by atoms with van der Waals surface area (Å²) in [5.74, 6) is -0.0886. The Hall–Kier alpha value is -2.61. The van der Waals surface area contributed by atoms with Gasteiger partial charge in [-0.1, -0.05) is 12.1 Å². The number of hydrogen-bond donors (Lipinski definition) is 1. The summed E-state index contributed by atoms with van der Waals surface area (Å²) in [5, 5.41) is 2.68. The van der Waals surface area contributed by atoms with Gasteiger partial charge in [-0.05, 0) is 46.3 Å². The van der Waals surface area contributed by atoms with Crippen molar-refractivity contribution in [2.24, 2.45) is 0 Å². The molecule has 1 aliphatic heterocycles. The van der Waals surface area contributed by atoms with Crippen molar-refractivity contribution < 1.29 is 18.7 Å². The van der Waals surface area contributed by atoms with Crippen LogP contribution in [0, 0.1) is 5.82 Å². The fraction of sp³-hybridized carbons (Fsp3) is 0.333.